The first kappa shape index (κ1) is 12.5. The largest absolute Gasteiger partial charge is 0.393 e. The molecule has 0 aliphatic heterocycles. The smallest absolute Gasteiger partial charge is 0.240 e. The topological polar surface area (TPSA) is 66.4 Å². The maximum absolute atomic E-state index is 11.9. The summed E-state index contributed by atoms with van der Waals surface area (Å²) < 4.78 is 26.4. The van der Waals surface area contributed by atoms with Crippen LogP contribution in [0, 0.1) is 5.92 Å². The molecule has 0 bridgehead atoms. The third-order valence-electron chi connectivity index (χ3n) is 3.21. The molecule has 5 heteroatoms. The molecule has 2 rings (SSSR count). The molecule has 0 heterocycles. The zero-order chi connectivity index (χ0) is 12.3. The van der Waals surface area contributed by atoms with Gasteiger partial charge in [0.2, 0.25) is 10.0 Å². The second-order valence-electron chi connectivity index (χ2n) is 4.42. The zero-order valence-corrected chi connectivity index (χ0v) is 10.4. The van der Waals surface area contributed by atoms with Crippen molar-refractivity contribution in [1.29, 1.82) is 0 Å². The Morgan fingerprint density at radius 3 is 2.53 bits per heavy atom. The number of aliphatic hydroxyl groups excluding tert-OH is 1. The van der Waals surface area contributed by atoms with Gasteiger partial charge in [-0.2, -0.15) is 0 Å². The van der Waals surface area contributed by atoms with Gasteiger partial charge in [-0.15, -0.1) is 0 Å². The van der Waals surface area contributed by atoms with Gasteiger partial charge in [-0.05, 0) is 30.9 Å². The molecule has 0 radical (unpaired) electrons. The van der Waals surface area contributed by atoms with E-state index >= 15 is 0 Å². The third kappa shape index (κ3) is 3.06. The first-order valence-electron chi connectivity index (χ1n) is 5.82. The van der Waals surface area contributed by atoms with Crippen molar-refractivity contribution in [3.8, 4) is 0 Å². The van der Waals surface area contributed by atoms with Crippen molar-refractivity contribution >= 4 is 10.0 Å². The lowest BCUT2D eigenvalue weighted by Crippen LogP contribution is -2.32. The quantitative estimate of drug-likeness (QED) is 0.847. The zero-order valence-electron chi connectivity index (χ0n) is 9.54. The maximum Gasteiger partial charge on any atom is 0.240 e. The average Bonchev–Trinajstić information content (AvgIpc) is 2.74. The van der Waals surface area contributed by atoms with E-state index in [9.17, 15) is 13.5 Å². The number of rotatable bonds is 4. The molecule has 0 saturated heterocycles. The number of benzene rings is 1. The van der Waals surface area contributed by atoms with Crippen LogP contribution < -0.4 is 4.72 Å². The fraction of sp³-hybridized carbons (Fsp3) is 0.500. The van der Waals surface area contributed by atoms with E-state index in [4.69, 9.17) is 0 Å². The van der Waals surface area contributed by atoms with Crippen LogP contribution in [0.4, 0.5) is 0 Å². The molecule has 1 aliphatic rings. The van der Waals surface area contributed by atoms with Crippen molar-refractivity contribution < 1.29 is 13.5 Å². The molecule has 94 valence electrons. The first-order chi connectivity index (χ1) is 8.09. The summed E-state index contributed by atoms with van der Waals surface area (Å²) in [7, 11) is -3.43. The fourth-order valence-corrected chi connectivity index (χ4v) is 3.27. The van der Waals surface area contributed by atoms with Gasteiger partial charge in [-0.1, -0.05) is 24.6 Å². The lowest BCUT2D eigenvalue weighted by atomic mass is 10.1. The molecule has 1 saturated carbocycles. The molecule has 4 nitrogen and oxygen atoms in total. The predicted molar refractivity (Wildman–Crippen MR) is 65.0 cm³/mol. The van der Waals surface area contributed by atoms with Crippen molar-refractivity contribution in [2.75, 3.05) is 6.54 Å². The van der Waals surface area contributed by atoms with E-state index < -0.39 is 10.0 Å². The number of hydrogen-bond donors (Lipinski definition) is 2. The number of hydrogen-bond acceptors (Lipinski definition) is 3. The maximum atomic E-state index is 11.9. The molecule has 0 spiro atoms. The molecule has 1 aromatic rings. The van der Waals surface area contributed by atoms with Crippen LogP contribution in [0.5, 0.6) is 0 Å². The Morgan fingerprint density at radius 1 is 1.24 bits per heavy atom. The molecule has 0 amide bonds. The third-order valence-corrected chi connectivity index (χ3v) is 4.65. The van der Waals surface area contributed by atoms with E-state index in [-0.39, 0.29) is 16.9 Å². The molecule has 2 unspecified atom stereocenters. The van der Waals surface area contributed by atoms with Crippen molar-refractivity contribution in [2.45, 2.75) is 30.3 Å². The van der Waals surface area contributed by atoms with Gasteiger partial charge in [-0.25, -0.2) is 13.1 Å². The Bertz CT molecular complexity index is 458. The van der Waals surface area contributed by atoms with E-state index in [2.05, 4.69) is 4.72 Å². The summed E-state index contributed by atoms with van der Waals surface area (Å²) in [5, 5.41) is 9.62. The molecular weight excluding hydrogens is 238 g/mol. The summed E-state index contributed by atoms with van der Waals surface area (Å²) in [6.07, 6.45) is 2.27. The molecule has 17 heavy (non-hydrogen) atoms. The van der Waals surface area contributed by atoms with E-state index in [1.165, 1.54) is 0 Å². The Kier molecular flexibility index (Phi) is 3.81. The second kappa shape index (κ2) is 5.16. The Hall–Kier alpha value is -0.910. The Labute approximate surface area is 102 Å². The van der Waals surface area contributed by atoms with Crippen LogP contribution in [0.2, 0.25) is 0 Å². The van der Waals surface area contributed by atoms with Gasteiger partial charge in [0.15, 0.2) is 0 Å². The molecular formula is C12H17NO3S. The highest BCUT2D eigenvalue weighted by Gasteiger charge is 2.26. The van der Waals surface area contributed by atoms with Gasteiger partial charge in [-0.3, -0.25) is 0 Å². The van der Waals surface area contributed by atoms with Crippen LogP contribution in [0.3, 0.4) is 0 Å². The van der Waals surface area contributed by atoms with E-state index in [0.29, 0.717) is 6.54 Å². The molecule has 1 aromatic carbocycles. The van der Waals surface area contributed by atoms with Crippen molar-refractivity contribution in [3.63, 3.8) is 0 Å². The number of aliphatic hydroxyl groups is 1. The van der Waals surface area contributed by atoms with Gasteiger partial charge in [0, 0.05) is 6.54 Å². The van der Waals surface area contributed by atoms with E-state index in [0.717, 1.165) is 19.3 Å². The van der Waals surface area contributed by atoms with Gasteiger partial charge in [0.1, 0.15) is 0 Å². The van der Waals surface area contributed by atoms with Crippen molar-refractivity contribution in [3.05, 3.63) is 30.3 Å². The lowest BCUT2D eigenvalue weighted by Gasteiger charge is -2.15. The minimum Gasteiger partial charge on any atom is -0.393 e. The van der Waals surface area contributed by atoms with E-state index in [1.54, 1.807) is 30.3 Å². The summed E-state index contributed by atoms with van der Waals surface area (Å²) in [4.78, 5) is 0.271. The van der Waals surface area contributed by atoms with Gasteiger partial charge < -0.3 is 5.11 Å². The normalized spacial score (nSPS) is 25.0. The van der Waals surface area contributed by atoms with Crippen molar-refractivity contribution in [2.24, 2.45) is 5.92 Å². The fourth-order valence-electron chi connectivity index (χ4n) is 2.16. The monoisotopic (exact) mass is 255 g/mol. The van der Waals surface area contributed by atoms with Crippen LogP contribution in [-0.4, -0.2) is 26.2 Å². The summed E-state index contributed by atoms with van der Waals surface area (Å²) in [5.41, 5.74) is 0. The minimum atomic E-state index is -3.43. The van der Waals surface area contributed by atoms with Crippen LogP contribution in [0.15, 0.2) is 35.2 Å². The van der Waals surface area contributed by atoms with Gasteiger partial charge in [0.25, 0.3) is 0 Å². The summed E-state index contributed by atoms with van der Waals surface area (Å²) in [6.45, 7) is 0.318. The van der Waals surface area contributed by atoms with Crippen LogP contribution >= 0.6 is 0 Å². The van der Waals surface area contributed by atoms with Gasteiger partial charge in [0.05, 0.1) is 11.0 Å². The van der Waals surface area contributed by atoms with Gasteiger partial charge >= 0.3 is 0 Å². The molecule has 1 aliphatic carbocycles. The van der Waals surface area contributed by atoms with Crippen LogP contribution in [-0.2, 0) is 10.0 Å². The molecule has 0 aromatic heterocycles. The predicted octanol–water partition coefficient (Wildman–Crippen LogP) is 1.13. The number of nitrogens with one attached hydrogen (secondary N) is 1. The summed E-state index contributed by atoms with van der Waals surface area (Å²) in [6, 6.07) is 8.29. The average molecular weight is 255 g/mol. The number of sulfonamides is 1. The molecule has 2 atom stereocenters. The first-order valence-corrected chi connectivity index (χ1v) is 7.31. The second-order valence-corrected chi connectivity index (χ2v) is 6.19. The highest BCUT2D eigenvalue weighted by molar-refractivity contribution is 7.89. The van der Waals surface area contributed by atoms with Crippen LogP contribution in [0.1, 0.15) is 19.3 Å². The van der Waals surface area contributed by atoms with Crippen molar-refractivity contribution in [1.82, 2.24) is 4.72 Å². The van der Waals surface area contributed by atoms with Crippen LogP contribution in [0.25, 0.3) is 0 Å². The summed E-state index contributed by atoms with van der Waals surface area (Å²) >= 11 is 0. The highest BCUT2D eigenvalue weighted by atomic mass is 32.2. The SMILES string of the molecule is O=S(=O)(NCC1CCCC1O)c1ccccc1. The Morgan fingerprint density at radius 2 is 1.94 bits per heavy atom. The minimum absolute atomic E-state index is 0.0495. The Balaban J connectivity index is 1.99. The lowest BCUT2D eigenvalue weighted by molar-refractivity contribution is 0.134. The molecule has 1 fully saturated rings. The highest BCUT2D eigenvalue weighted by Crippen LogP contribution is 2.25. The van der Waals surface area contributed by atoms with E-state index in [1.807, 2.05) is 0 Å². The molecule has 2 N–H and O–H groups in total. The standard InChI is InChI=1S/C12H17NO3S/c14-12-8-4-5-10(12)9-13-17(15,16)11-6-2-1-3-7-11/h1-3,6-7,10,12-14H,4-5,8-9H2. The summed E-state index contributed by atoms with van der Waals surface area (Å²) in [5.74, 6) is 0.0495.